The van der Waals surface area contributed by atoms with Crippen LogP contribution in [-0.4, -0.2) is 71.5 Å². The van der Waals surface area contributed by atoms with Crippen LogP contribution in [0.3, 0.4) is 0 Å². The van der Waals surface area contributed by atoms with Crippen molar-refractivity contribution in [2.24, 2.45) is 0 Å². The van der Waals surface area contributed by atoms with Crippen molar-refractivity contribution in [3.8, 4) is 0 Å². The van der Waals surface area contributed by atoms with E-state index in [9.17, 15) is 4.79 Å². The van der Waals surface area contributed by atoms with Gasteiger partial charge < -0.3 is 20.2 Å². The molecule has 1 aromatic rings. The Morgan fingerprint density at radius 1 is 1.50 bits per heavy atom. The smallest absolute Gasteiger partial charge is 0.317 e. The van der Waals surface area contributed by atoms with Crippen molar-refractivity contribution in [1.82, 2.24) is 25.3 Å². The number of hydrogen-bond donors (Lipinski definition) is 3. The third-order valence-electron chi connectivity index (χ3n) is 2.56. The number of aliphatic hydroxyl groups excluding tert-OH is 1. The molecular formula is C11H21N5O2. The molecule has 1 rings (SSSR count). The van der Waals surface area contributed by atoms with Gasteiger partial charge in [-0.05, 0) is 13.1 Å². The molecule has 3 N–H and O–H groups in total. The summed E-state index contributed by atoms with van der Waals surface area (Å²) < 4.78 is 0. The molecule has 0 aliphatic rings. The second-order valence-corrected chi connectivity index (χ2v) is 4.20. The van der Waals surface area contributed by atoms with E-state index < -0.39 is 0 Å². The van der Waals surface area contributed by atoms with E-state index in [0.29, 0.717) is 26.2 Å². The highest BCUT2D eigenvalue weighted by Crippen LogP contribution is 1.97. The van der Waals surface area contributed by atoms with Crippen LogP contribution < -0.4 is 5.32 Å². The van der Waals surface area contributed by atoms with Crippen LogP contribution in [0.1, 0.15) is 5.69 Å². The van der Waals surface area contributed by atoms with Gasteiger partial charge >= 0.3 is 6.03 Å². The van der Waals surface area contributed by atoms with Gasteiger partial charge in [0.2, 0.25) is 0 Å². The van der Waals surface area contributed by atoms with Gasteiger partial charge in [0.1, 0.15) is 0 Å². The minimum Gasteiger partial charge on any atom is -0.395 e. The number of carbonyl (C=O) groups is 1. The predicted molar refractivity (Wildman–Crippen MR) is 68.0 cm³/mol. The van der Waals surface area contributed by atoms with Gasteiger partial charge in [-0.1, -0.05) is 0 Å². The second-order valence-electron chi connectivity index (χ2n) is 4.20. The lowest BCUT2D eigenvalue weighted by molar-refractivity contribution is 0.200. The largest absolute Gasteiger partial charge is 0.395 e. The Balaban J connectivity index is 2.19. The number of amides is 2. The van der Waals surface area contributed by atoms with Crippen LogP contribution in [0, 0.1) is 0 Å². The van der Waals surface area contributed by atoms with Crippen molar-refractivity contribution >= 4 is 6.03 Å². The zero-order chi connectivity index (χ0) is 13.4. The zero-order valence-corrected chi connectivity index (χ0v) is 10.9. The van der Waals surface area contributed by atoms with Crippen LogP contribution in [0.5, 0.6) is 0 Å². The molecule has 0 aliphatic heterocycles. The van der Waals surface area contributed by atoms with Gasteiger partial charge in [-0.3, -0.25) is 5.10 Å². The molecule has 0 spiro atoms. The number of rotatable bonds is 7. The van der Waals surface area contributed by atoms with Gasteiger partial charge in [0.25, 0.3) is 0 Å². The summed E-state index contributed by atoms with van der Waals surface area (Å²) in [5.74, 6) is 0. The van der Waals surface area contributed by atoms with Crippen LogP contribution in [0.15, 0.2) is 12.3 Å². The fourth-order valence-corrected chi connectivity index (χ4v) is 1.47. The fraction of sp³-hybridized carbons (Fsp3) is 0.636. The van der Waals surface area contributed by atoms with E-state index in [1.165, 1.54) is 0 Å². The third-order valence-corrected chi connectivity index (χ3v) is 2.56. The van der Waals surface area contributed by atoms with E-state index in [1.54, 1.807) is 18.1 Å². The number of carbonyl (C=O) groups excluding carboxylic acids is 1. The third kappa shape index (κ3) is 5.15. The minimum absolute atomic E-state index is 0.123. The van der Waals surface area contributed by atoms with E-state index in [-0.39, 0.29) is 12.6 Å². The summed E-state index contributed by atoms with van der Waals surface area (Å²) in [6.45, 7) is 2.51. The van der Waals surface area contributed by atoms with Gasteiger partial charge in [-0.15, -0.1) is 0 Å². The number of urea groups is 1. The van der Waals surface area contributed by atoms with E-state index in [1.807, 2.05) is 18.0 Å². The number of aromatic nitrogens is 2. The maximum absolute atomic E-state index is 11.7. The lowest BCUT2D eigenvalue weighted by Gasteiger charge is -2.19. The van der Waals surface area contributed by atoms with Crippen molar-refractivity contribution in [1.29, 1.82) is 0 Å². The van der Waals surface area contributed by atoms with Crippen LogP contribution in [0.4, 0.5) is 4.79 Å². The first-order chi connectivity index (χ1) is 8.63. The number of nitrogens with one attached hydrogen (secondary N) is 2. The second kappa shape index (κ2) is 7.67. The highest BCUT2D eigenvalue weighted by molar-refractivity contribution is 5.73. The van der Waals surface area contributed by atoms with Crippen LogP contribution in [0.2, 0.25) is 0 Å². The minimum atomic E-state index is -0.123. The summed E-state index contributed by atoms with van der Waals surface area (Å²) in [5, 5.41) is 18.2. The highest BCUT2D eigenvalue weighted by Gasteiger charge is 2.09. The molecule has 0 fully saturated rings. The van der Waals surface area contributed by atoms with Crippen LogP contribution in [-0.2, 0) is 6.54 Å². The summed E-state index contributed by atoms with van der Waals surface area (Å²) >= 11 is 0. The summed E-state index contributed by atoms with van der Waals surface area (Å²) in [6.07, 6.45) is 1.66. The van der Waals surface area contributed by atoms with Gasteiger partial charge in [0.15, 0.2) is 0 Å². The van der Waals surface area contributed by atoms with Crippen molar-refractivity contribution in [3.63, 3.8) is 0 Å². The number of likely N-dealkylation sites (N-methyl/N-ethyl adjacent to an activating group) is 1. The molecule has 0 aliphatic carbocycles. The zero-order valence-electron chi connectivity index (χ0n) is 10.9. The Kier molecular flexibility index (Phi) is 6.16. The average molecular weight is 255 g/mol. The van der Waals surface area contributed by atoms with E-state index >= 15 is 0 Å². The molecule has 0 saturated carbocycles. The van der Waals surface area contributed by atoms with Crippen LogP contribution >= 0.6 is 0 Å². The SMILES string of the molecule is CN(CCO)CCNC(=O)N(C)Cc1ccn[nH]1. The van der Waals surface area contributed by atoms with Crippen molar-refractivity contribution in [3.05, 3.63) is 18.0 Å². The average Bonchev–Trinajstić information content (AvgIpc) is 2.82. The first kappa shape index (κ1) is 14.5. The van der Waals surface area contributed by atoms with Gasteiger partial charge in [-0.2, -0.15) is 5.10 Å². The first-order valence-electron chi connectivity index (χ1n) is 5.90. The van der Waals surface area contributed by atoms with Crippen LogP contribution in [0.25, 0.3) is 0 Å². The van der Waals surface area contributed by atoms with Gasteiger partial charge in [0, 0.05) is 32.9 Å². The summed E-state index contributed by atoms with van der Waals surface area (Å²) in [5.41, 5.74) is 0.894. The molecule has 0 radical (unpaired) electrons. The molecule has 7 heteroatoms. The molecule has 0 saturated heterocycles. The molecule has 1 aromatic heterocycles. The number of nitrogens with zero attached hydrogens (tertiary/aromatic N) is 3. The van der Waals surface area contributed by atoms with E-state index in [0.717, 1.165) is 5.69 Å². The standard InChI is InChI=1S/C11H21N5O2/c1-15(7-8-17)6-5-12-11(18)16(2)9-10-3-4-13-14-10/h3-4,17H,5-9H2,1-2H3,(H,12,18)(H,13,14). The normalized spacial score (nSPS) is 10.7. The fourth-order valence-electron chi connectivity index (χ4n) is 1.47. The quantitative estimate of drug-likeness (QED) is 0.612. The summed E-state index contributed by atoms with van der Waals surface area (Å²) in [4.78, 5) is 15.3. The number of aliphatic hydroxyl groups is 1. The maximum Gasteiger partial charge on any atom is 0.317 e. The molecule has 0 bridgehead atoms. The predicted octanol–water partition coefficient (Wildman–Crippen LogP) is -0.525. The molecule has 18 heavy (non-hydrogen) atoms. The first-order valence-corrected chi connectivity index (χ1v) is 5.90. The van der Waals surface area contributed by atoms with Crippen molar-refractivity contribution < 1.29 is 9.90 Å². The summed E-state index contributed by atoms with van der Waals surface area (Å²) in [7, 11) is 3.63. The molecule has 7 nitrogen and oxygen atoms in total. The Morgan fingerprint density at radius 3 is 2.89 bits per heavy atom. The van der Waals surface area contributed by atoms with Gasteiger partial charge in [0.05, 0.1) is 18.8 Å². The molecule has 0 atom stereocenters. The van der Waals surface area contributed by atoms with Crippen molar-refractivity contribution in [2.75, 3.05) is 40.3 Å². The number of H-pyrrole nitrogens is 1. The Bertz CT molecular complexity index is 341. The topological polar surface area (TPSA) is 84.5 Å². The molecular weight excluding hydrogens is 234 g/mol. The molecule has 2 amide bonds. The highest BCUT2D eigenvalue weighted by atomic mass is 16.3. The molecule has 102 valence electrons. The number of aromatic amines is 1. The molecule has 1 heterocycles. The van der Waals surface area contributed by atoms with Crippen molar-refractivity contribution in [2.45, 2.75) is 6.54 Å². The van der Waals surface area contributed by atoms with Gasteiger partial charge in [-0.25, -0.2) is 4.79 Å². The Morgan fingerprint density at radius 2 is 2.28 bits per heavy atom. The molecule has 0 aromatic carbocycles. The monoisotopic (exact) mass is 255 g/mol. The lowest BCUT2D eigenvalue weighted by Crippen LogP contribution is -2.40. The summed E-state index contributed by atoms with van der Waals surface area (Å²) in [6, 6.07) is 1.71. The maximum atomic E-state index is 11.7. The Hall–Kier alpha value is -1.60. The van der Waals surface area contributed by atoms with E-state index in [2.05, 4.69) is 15.5 Å². The lowest BCUT2D eigenvalue weighted by atomic mass is 10.4. The van der Waals surface area contributed by atoms with E-state index in [4.69, 9.17) is 5.11 Å². The molecule has 0 unspecified atom stereocenters. The Labute approximate surface area is 107 Å². The number of hydrogen-bond acceptors (Lipinski definition) is 4.